The summed E-state index contributed by atoms with van der Waals surface area (Å²) in [5, 5.41) is 50.1. The smallest absolute Gasteiger partial charge is 0.229 e. The van der Waals surface area contributed by atoms with Crippen LogP contribution >= 0.6 is 0 Å². The molecule has 1 heterocycles. The molecule has 164 valence electrons. The van der Waals surface area contributed by atoms with Crippen molar-refractivity contribution in [2.75, 3.05) is 6.61 Å². The highest BCUT2D eigenvalue weighted by Crippen LogP contribution is 2.33. The summed E-state index contributed by atoms with van der Waals surface area (Å²) in [4.78, 5) is 0. The third kappa shape index (κ3) is 4.67. The van der Waals surface area contributed by atoms with Crippen LogP contribution in [0, 0.1) is 0 Å². The quantitative estimate of drug-likeness (QED) is 0.453. The van der Waals surface area contributed by atoms with Crippen molar-refractivity contribution in [1.29, 1.82) is 0 Å². The lowest BCUT2D eigenvalue weighted by Crippen LogP contribution is -2.66. The Kier molecular flexibility index (Phi) is 7.13. The summed E-state index contributed by atoms with van der Waals surface area (Å²) in [5.41, 5.74) is 1.90. The minimum atomic E-state index is -1.83. The first-order valence-corrected chi connectivity index (χ1v) is 10.1. The first-order valence-electron chi connectivity index (χ1n) is 10.1. The molecule has 1 aliphatic rings. The van der Waals surface area contributed by atoms with Gasteiger partial charge in [0.1, 0.15) is 29.7 Å². The average molecular weight is 418 g/mol. The highest BCUT2D eigenvalue weighted by Gasteiger charge is 2.52. The second-order valence-electron chi connectivity index (χ2n) is 7.90. The molecule has 0 aliphatic carbocycles. The van der Waals surface area contributed by atoms with Crippen molar-refractivity contribution in [3.63, 3.8) is 0 Å². The summed E-state index contributed by atoms with van der Waals surface area (Å²) in [6.45, 7) is 2.64. The summed E-state index contributed by atoms with van der Waals surface area (Å²) in [7, 11) is 0. The van der Waals surface area contributed by atoms with Crippen LogP contribution in [-0.4, -0.2) is 62.3 Å². The van der Waals surface area contributed by atoms with Crippen molar-refractivity contribution in [3.05, 3.63) is 64.7 Å². The van der Waals surface area contributed by atoms with E-state index in [0.29, 0.717) is 17.7 Å². The van der Waals surface area contributed by atoms with Gasteiger partial charge in [0.2, 0.25) is 6.29 Å². The van der Waals surface area contributed by atoms with Crippen LogP contribution in [0.2, 0.25) is 0 Å². The molecule has 1 saturated heterocycles. The van der Waals surface area contributed by atoms with E-state index in [0.717, 1.165) is 17.5 Å². The van der Waals surface area contributed by atoms with Gasteiger partial charge < -0.3 is 35.0 Å². The molecule has 5 atom stereocenters. The molecule has 7 heteroatoms. The number of rotatable bonds is 7. The molecule has 0 radical (unpaired) electrons. The molecule has 30 heavy (non-hydrogen) atoms. The maximum Gasteiger partial charge on any atom is 0.229 e. The van der Waals surface area contributed by atoms with Gasteiger partial charge in [-0.25, -0.2) is 0 Å². The zero-order valence-corrected chi connectivity index (χ0v) is 17.2. The van der Waals surface area contributed by atoms with E-state index < -0.39 is 36.8 Å². The molecule has 0 spiro atoms. The van der Waals surface area contributed by atoms with Crippen molar-refractivity contribution in [1.82, 2.24) is 0 Å². The molecule has 0 aromatic heterocycles. The van der Waals surface area contributed by atoms with Crippen LogP contribution in [0.3, 0.4) is 0 Å². The topological polar surface area (TPSA) is 120 Å². The van der Waals surface area contributed by atoms with E-state index in [1.54, 1.807) is 12.1 Å². The van der Waals surface area contributed by atoms with E-state index in [4.69, 9.17) is 9.47 Å². The average Bonchev–Trinajstić information content (AvgIpc) is 2.75. The fourth-order valence-corrected chi connectivity index (χ4v) is 3.58. The highest BCUT2D eigenvalue weighted by molar-refractivity contribution is 5.41. The number of aliphatic hydroxyl groups excluding tert-OH is 4. The lowest BCUT2D eigenvalue weighted by Gasteiger charge is -2.45. The molecular formula is C23H30O7. The predicted octanol–water partition coefficient (Wildman–Crippen LogP) is 0.901. The number of aryl methyl sites for hydroxylation is 1. The van der Waals surface area contributed by atoms with E-state index in [9.17, 15) is 25.5 Å². The molecule has 1 fully saturated rings. The maximum absolute atomic E-state index is 10.4. The Labute approximate surface area is 176 Å². The molecule has 0 amide bonds. The number of hydrogen-bond acceptors (Lipinski definition) is 7. The van der Waals surface area contributed by atoms with Crippen LogP contribution in [0.5, 0.6) is 5.75 Å². The van der Waals surface area contributed by atoms with E-state index in [-0.39, 0.29) is 6.61 Å². The van der Waals surface area contributed by atoms with Crippen LogP contribution < -0.4 is 4.74 Å². The monoisotopic (exact) mass is 418 g/mol. The minimum absolute atomic E-state index is 0.188. The number of aliphatic hydroxyl groups is 5. The Balaban J connectivity index is 1.86. The van der Waals surface area contributed by atoms with E-state index in [1.165, 1.54) is 12.5 Å². The Morgan fingerprint density at radius 2 is 1.63 bits per heavy atom. The Morgan fingerprint density at radius 1 is 1.00 bits per heavy atom. The SMILES string of the molecule is CCc1ccc(Cc2ccc(CO)cc2O[C@@H]2O[C@H](CO)[C@@](C)(O)[C@H](O)[C@H]2O)cc1. The van der Waals surface area contributed by atoms with Gasteiger partial charge in [-0.05, 0) is 41.7 Å². The molecule has 0 saturated carbocycles. The van der Waals surface area contributed by atoms with Crippen molar-refractivity contribution >= 4 is 0 Å². The molecule has 2 aromatic carbocycles. The Hall–Kier alpha value is -2.00. The van der Waals surface area contributed by atoms with Gasteiger partial charge in [0, 0.05) is 6.42 Å². The first-order chi connectivity index (χ1) is 14.3. The molecule has 3 rings (SSSR count). The molecule has 2 aromatic rings. The van der Waals surface area contributed by atoms with E-state index >= 15 is 0 Å². The van der Waals surface area contributed by atoms with Gasteiger partial charge in [-0.1, -0.05) is 43.3 Å². The Bertz CT molecular complexity index is 830. The third-order valence-electron chi connectivity index (χ3n) is 5.70. The number of benzene rings is 2. The van der Waals surface area contributed by atoms with Crippen molar-refractivity contribution in [2.24, 2.45) is 0 Å². The van der Waals surface area contributed by atoms with Crippen LogP contribution in [0.25, 0.3) is 0 Å². The summed E-state index contributed by atoms with van der Waals surface area (Å²) < 4.78 is 11.4. The fraction of sp³-hybridized carbons (Fsp3) is 0.478. The van der Waals surface area contributed by atoms with E-state index in [1.807, 2.05) is 18.2 Å². The molecule has 1 aliphatic heterocycles. The highest BCUT2D eigenvalue weighted by atomic mass is 16.7. The third-order valence-corrected chi connectivity index (χ3v) is 5.70. The number of hydrogen-bond donors (Lipinski definition) is 5. The fourth-order valence-electron chi connectivity index (χ4n) is 3.58. The zero-order chi connectivity index (χ0) is 21.9. The summed E-state index contributed by atoms with van der Waals surface area (Å²) in [6, 6.07) is 13.5. The molecule has 0 unspecified atom stereocenters. The largest absolute Gasteiger partial charge is 0.462 e. The van der Waals surface area contributed by atoms with Crippen LogP contribution in [0.15, 0.2) is 42.5 Å². The van der Waals surface area contributed by atoms with Crippen LogP contribution in [0.4, 0.5) is 0 Å². The van der Waals surface area contributed by atoms with Crippen molar-refractivity contribution < 1.29 is 35.0 Å². The standard InChI is InChI=1S/C23H30O7/c1-3-14-4-6-15(7-5-14)10-17-9-8-16(12-24)11-18(17)29-22-20(26)21(27)23(2,28)19(13-25)30-22/h4-9,11,19-22,24-28H,3,10,12-13H2,1-2H3/t19-,20-,21-,22-,23-/m1/s1. The van der Waals surface area contributed by atoms with Gasteiger partial charge in [0.15, 0.2) is 0 Å². The van der Waals surface area contributed by atoms with Gasteiger partial charge in [-0.3, -0.25) is 0 Å². The normalized spacial score (nSPS) is 29.0. The summed E-state index contributed by atoms with van der Waals surface area (Å²) >= 11 is 0. The molecule has 7 nitrogen and oxygen atoms in total. The lowest BCUT2D eigenvalue weighted by molar-refractivity contribution is -0.308. The van der Waals surface area contributed by atoms with Crippen LogP contribution in [0.1, 0.15) is 36.1 Å². The van der Waals surface area contributed by atoms with Crippen molar-refractivity contribution in [3.8, 4) is 5.75 Å². The van der Waals surface area contributed by atoms with Gasteiger partial charge in [0.05, 0.1) is 13.2 Å². The van der Waals surface area contributed by atoms with Crippen LogP contribution in [-0.2, 0) is 24.2 Å². The first kappa shape index (κ1) is 22.7. The molecule has 5 N–H and O–H groups in total. The maximum atomic E-state index is 10.4. The second kappa shape index (κ2) is 9.43. The Morgan fingerprint density at radius 3 is 2.23 bits per heavy atom. The van der Waals surface area contributed by atoms with Gasteiger partial charge in [-0.2, -0.15) is 0 Å². The zero-order valence-electron chi connectivity index (χ0n) is 17.2. The van der Waals surface area contributed by atoms with Gasteiger partial charge in [0.25, 0.3) is 0 Å². The van der Waals surface area contributed by atoms with Crippen molar-refractivity contribution in [2.45, 2.75) is 63.5 Å². The second-order valence-corrected chi connectivity index (χ2v) is 7.90. The van der Waals surface area contributed by atoms with Gasteiger partial charge >= 0.3 is 0 Å². The lowest BCUT2D eigenvalue weighted by atomic mass is 9.86. The van der Waals surface area contributed by atoms with E-state index in [2.05, 4.69) is 19.1 Å². The summed E-state index contributed by atoms with van der Waals surface area (Å²) in [6.07, 6.45) is -4.02. The minimum Gasteiger partial charge on any atom is -0.462 e. The van der Waals surface area contributed by atoms with Gasteiger partial charge in [-0.15, -0.1) is 0 Å². The number of ether oxygens (including phenoxy) is 2. The molecular weight excluding hydrogens is 388 g/mol. The summed E-state index contributed by atoms with van der Waals surface area (Å²) in [5.74, 6) is 0.385. The predicted molar refractivity (Wildman–Crippen MR) is 110 cm³/mol. The molecule has 0 bridgehead atoms.